The Morgan fingerprint density at radius 3 is 2.73 bits per heavy atom. The fraction of sp³-hybridized carbons (Fsp3) is 0.438. The van der Waals surface area contributed by atoms with Gasteiger partial charge in [0, 0.05) is 0 Å². The first kappa shape index (κ1) is 18.2. The van der Waals surface area contributed by atoms with Crippen LogP contribution in [0.4, 0.5) is 5.69 Å². The molecule has 0 unspecified atom stereocenters. The second-order valence-corrected chi connectivity index (χ2v) is 8.41. The van der Waals surface area contributed by atoms with Gasteiger partial charge in [0.1, 0.15) is 12.3 Å². The number of carbonyl (C=O) groups is 3. The maximum absolute atomic E-state index is 12.2. The molecule has 2 heterocycles. The van der Waals surface area contributed by atoms with Crippen LogP contribution < -0.4 is 20.5 Å². The lowest BCUT2D eigenvalue weighted by molar-refractivity contribution is -0.130. The van der Waals surface area contributed by atoms with E-state index in [9.17, 15) is 22.8 Å². The third-order valence-electron chi connectivity index (χ3n) is 4.26. The minimum atomic E-state index is -3.19. The standard InChI is InChI=1S/C16H19N3O6S/c20-14(17-18-16(22)11-6-8-26(23,24)10-11)9-19-12-3-1-2-4-13(12)25-7-5-15(19)21/h1-4,11H,5-10H2,(H,17,20)(H,18,22)/t11-/m0/s1. The molecule has 1 aromatic carbocycles. The van der Waals surface area contributed by atoms with Crippen molar-refractivity contribution in [3.8, 4) is 5.75 Å². The molecule has 9 nitrogen and oxygen atoms in total. The van der Waals surface area contributed by atoms with E-state index < -0.39 is 27.6 Å². The van der Waals surface area contributed by atoms with Crippen molar-refractivity contribution >= 4 is 33.2 Å². The number of nitrogens with one attached hydrogen (secondary N) is 2. The number of fused-ring (bicyclic) bond motifs is 1. The van der Waals surface area contributed by atoms with E-state index in [2.05, 4.69) is 10.9 Å². The molecule has 2 N–H and O–H groups in total. The zero-order valence-electron chi connectivity index (χ0n) is 13.9. The zero-order valence-corrected chi connectivity index (χ0v) is 14.8. The number of sulfone groups is 1. The van der Waals surface area contributed by atoms with E-state index in [-0.39, 0.29) is 43.4 Å². The van der Waals surface area contributed by atoms with E-state index in [1.54, 1.807) is 24.3 Å². The molecule has 10 heteroatoms. The van der Waals surface area contributed by atoms with Crippen molar-refractivity contribution in [1.82, 2.24) is 10.9 Å². The highest BCUT2D eigenvalue weighted by molar-refractivity contribution is 7.91. The number of carbonyl (C=O) groups excluding carboxylic acids is 3. The fourth-order valence-electron chi connectivity index (χ4n) is 2.91. The molecule has 0 spiro atoms. The Labute approximate surface area is 150 Å². The average molecular weight is 381 g/mol. The summed E-state index contributed by atoms with van der Waals surface area (Å²) >= 11 is 0. The molecule has 1 aromatic rings. The van der Waals surface area contributed by atoms with Crippen molar-refractivity contribution < 1.29 is 27.5 Å². The normalized spacial score (nSPS) is 21.3. The lowest BCUT2D eigenvalue weighted by Crippen LogP contribution is -2.49. The maximum atomic E-state index is 12.2. The molecule has 1 atom stereocenters. The van der Waals surface area contributed by atoms with Gasteiger partial charge in [0.2, 0.25) is 11.8 Å². The topological polar surface area (TPSA) is 122 Å². The van der Waals surface area contributed by atoms with E-state index >= 15 is 0 Å². The first-order valence-corrected chi connectivity index (χ1v) is 9.99. The molecule has 0 bridgehead atoms. The molecule has 0 saturated carbocycles. The molecular weight excluding hydrogens is 362 g/mol. The average Bonchev–Trinajstić information content (AvgIpc) is 2.90. The highest BCUT2D eigenvalue weighted by atomic mass is 32.2. The molecule has 0 aromatic heterocycles. The van der Waals surface area contributed by atoms with Gasteiger partial charge in [-0.25, -0.2) is 8.42 Å². The lowest BCUT2D eigenvalue weighted by atomic mass is 10.1. The summed E-state index contributed by atoms with van der Waals surface area (Å²) in [7, 11) is -3.19. The van der Waals surface area contributed by atoms with Gasteiger partial charge >= 0.3 is 0 Å². The first-order valence-electron chi connectivity index (χ1n) is 8.17. The van der Waals surface area contributed by atoms with Gasteiger partial charge in [-0.15, -0.1) is 0 Å². The molecule has 0 aliphatic carbocycles. The summed E-state index contributed by atoms with van der Waals surface area (Å²) in [5, 5.41) is 0. The van der Waals surface area contributed by atoms with Crippen molar-refractivity contribution in [2.75, 3.05) is 29.6 Å². The Bertz CT molecular complexity index is 838. The third kappa shape index (κ3) is 4.13. The predicted octanol–water partition coefficient (Wildman–Crippen LogP) is -0.616. The molecule has 2 aliphatic heterocycles. The quantitative estimate of drug-likeness (QED) is 0.673. The Morgan fingerprint density at radius 1 is 1.23 bits per heavy atom. The van der Waals surface area contributed by atoms with Crippen LogP contribution in [-0.2, 0) is 24.2 Å². The van der Waals surface area contributed by atoms with Crippen LogP contribution in [0.1, 0.15) is 12.8 Å². The van der Waals surface area contributed by atoms with Crippen molar-refractivity contribution in [2.45, 2.75) is 12.8 Å². The second-order valence-electron chi connectivity index (χ2n) is 6.18. The number of para-hydroxylation sites is 2. The lowest BCUT2D eigenvalue weighted by Gasteiger charge is -2.21. The number of amides is 3. The van der Waals surface area contributed by atoms with Gasteiger partial charge in [0.05, 0.1) is 36.1 Å². The highest BCUT2D eigenvalue weighted by Crippen LogP contribution is 2.30. The molecule has 2 aliphatic rings. The van der Waals surface area contributed by atoms with E-state index in [1.807, 2.05) is 0 Å². The number of benzene rings is 1. The zero-order chi connectivity index (χ0) is 18.7. The minimum Gasteiger partial charge on any atom is -0.491 e. The molecule has 3 amide bonds. The minimum absolute atomic E-state index is 0.0297. The number of anilines is 1. The highest BCUT2D eigenvalue weighted by Gasteiger charge is 2.33. The summed E-state index contributed by atoms with van der Waals surface area (Å²) in [6.45, 7) is -0.0662. The summed E-state index contributed by atoms with van der Waals surface area (Å²) in [5.74, 6) is -1.82. The van der Waals surface area contributed by atoms with Gasteiger partial charge < -0.3 is 4.74 Å². The van der Waals surface area contributed by atoms with Crippen LogP contribution in [0.25, 0.3) is 0 Å². The number of hydrogen-bond donors (Lipinski definition) is 2. The first-order chi connectivity index (χ1) is 12.4. The number of hydrazine groups is 1. The molecule has 1 fully saturated rings. The van der Waals surface area contributed by atoms with Crippen LogP contribution in [0, 0.1) is 5.92 Å². The van der Waals surface area contributed by atoms with Gasteiger partial charge in [-0.2, -0.15) is 0 Å². The Hall–Kier alpha value is -2.62. The van der Waals surface area contributed by atoms with Gasteiger partial charge in [0.15, 0.2) is 9.84 Å². The molecule has 140 valence electrons. The van der Waals surface area contributed by atoms with E-state index in [0.29, 0.717) is 11.4 Å². The van der Waals surface area contributed by atoms with Crippen molar-refractivity contribution in [3.05, 3.63) is 24.3 Å². The smallest absolute Gasteiger partial charge is 0.258 e. The van der Waals surface area contributed by atoms with Gasteiger partial charge in [-0.3, -0.25) is 30.1 Å². The molecule has 0 radical (unpaired) electrons. The third-order valence-corrected chi connectivity index (χ3v) is 6.03. The van der Waals surface area contributed by atoms with Crippen LogP contribution in [0.3, 0.4) is 0 Å². The molecular formula is C16H19N3O6S. The number of hydrogen-bond acceptors (Lipinski definition) is 6. The van der Waals surface area contributed by atoms with Crippen LogP contribution in [-0.4, -0.2) is 50.8 Å². The summed E-state index contributed by atoms with van der Waals surface area (Å²) in [5.41, 5.74) is 4.96. The van der Waals surface area contributed by atoms with Gasteiger partial charge in [-0.1, -0.05) is 12.1 Å². The summed E-state index contributed by atoms with van der Waals surface area (Å²) in [6.07, 6.45) is 0.369. The van der Waals surface area contributed by atoms with Crippen molar-refractivity contribution in [1.29, 1.82) is 0 Å². The van der Waals surface area contributed by atoms with Crippen LogP contribution in [0.15, 0.2) is 24.3 Å². The van der Waals surface area contributed by atoms with Gasteiger partial charge in [0.25, 0.3) is 5.91 Å². The Kier molecular flexibility index (Phi) is 5.12. The largest absolute Gasteiger partial charge is 0.491 e. The SMILES string of the molecule is O=C(CN1C(=O)CCOc2ccccc21)NNC(=O)[C@H]1CCS(=O)(=O)C1. The molecule has 3 rings (SSSR count). The number of ether oxygens (including phenoxy) is 1. The number of nitrogens with zero attached hydrogens (tertiary/aromatic N) is 1. The van der Waals surface area contributed by atoms with Crippen LogP contribution in [0.2, 0.25) is 0 Å². The Morgan fingerprint density at radius 2 is 2.00 bits per heavy atom. The van der Waals surface area contributed by atoms with E-state index in [4.69, 9.17) is 4.74 Å². The predicted molar refractivity (Wildman–Crippen MR) is 92.0 cm³/mol. The van der Waals surface area contributed by atoms with E-state index in [0.717, 1.165) is 0 Å². The Balaban J connectivity index is 1.59. The van der Waals surface area contributed by atoms with Gasteiger partial charge in [-0.05, 0) is 18.6 Å². The van der Waals surface area contributed by atoms with E-state index in [1.165, 1.54) is 4.90 Å². The molecule has 26 heavy (non-hydrogen) atoms. The summed E-state index contributed by atoms with van der Waals surface area (Å²) in [4.78, 5) is 37.6. The van der Waals surface area contributed by atoms with Crippen LogP contribution in [0.5, 0.6) is 5.75 Å². The van der Waals surface area contributed by atoms with Crippen LogP contribution >= 0.6 is 0 Å². The van der Waals surface area contributed by atoms with Crippen molar-refractivity contribution in [3.63, 3.8) is 0 Å². The summed E-state index contributed by atoms with van der Waals surface area (Å²) in [6, 6.07) is 6.88. The molecule has 1 saturated heterocycles. The fourth-order valence-corrected chi connectivity index (χ4v) is 4.65. The monoisotopic (exact) mass is 381 g/mol. The second kappa shape index (κ2) is 7.32. The summed E-state index contributed by atoms with van der Waals surface area (Å²) < 4.78 is 28.3. The number of rotatable bonds is 3. The van der Waals surface area contributed by atoms with Crippen molar-refractivity contribution in [2.24, 2.45) is 5.92 Å². The maximum Gasteiger partial charge on any atom is 0.258 e.